The van der Waals surface area contributed by atoms with Crippen molar-refractivity contribution in [2.75, 3.05) is 33.3 Å². The van der Waals surface area contributed by atoms with Crippen LogP contribution in [0.1, 0.15) is 27.6 Å². The zero-order chi connectivity index (χ0) is 18.1. The number of carbonyl (C=O) groups excluding carboxylic acids is 2. The molecule has 4 rings (SSSR count). The number of piperazine rings is 1. The Morgan fingerprint density at radius 1 is 1.04 bits per heavy atom. The average Bonchev–Trinajstić information content (AvgIpc) is 3.31. The minimum atomic E-state index is 0.0163. The third-order valence-corrected chi connectivity index (χ3v) is 6.24. The Hall–Kier alpha value is -2.34. The molecule has 26 heavy (non-hydrogen) atoms. The summed E-state index contributed by atoms with van der Waals surface area (Å²) in [7, 11) is 1.61. The van der Waals surface area contributed by atoms with Crippen LogP contribution in [-0.4, -0.2) is 54.9 Å². The van der Waals surface area contributed by atoms with Crippen LogP contribution >= 0.6 is 11.3 Å². The Morgan fingerprint density at radius 3 is 2.35 bits per heavy atom. The predicted molar refractivity (Wildman–Crippen MR) is 101 cm³/mol. The largest absolute Gasteiger partial charge is 0.497 e. The molecule has 2 aromatic rings. The molecule has 136 valence electrons. The average molecular weight is 370 g/mol. The number of thiophene rings is 1. The molecule has 1 saturated carbocycles. The maximum Gasteiger partial charge on any atom is 0.253 e. The van der Waals surface area contributed by atoms with Crippen molar-refractivity contribution in [2.45, 2.75) is 12.3 Å². The molecule has 0 spiro atoms. The van der Waals surface area contributed by atoms with E-state index in [0.717, 1.165) is 12.2 Å². The molecule has 1 aliphatic carbocycles. The van der Waals surface area contributed by atoms with Crippen LogP contribution in [-0.2, 0) is 4.79 Å². The Balaban J connectivity index is 1.31. The van der Waals surface area contributed by atoms with Crippen LogP contribution in [0.5, 0.6) is 5.75 Å². The Morgan fingerprint density at radius 2 is 1.73 bits per heavy atom. The first-order valence-electron chi connectivity index (χ1n) is 8.93. The highest BCUT2D eigenvalue weighted by atomic mass is 32.1. The molecule has 0 bridgehead atoms. The topological polar surface area (TPSA) is 49.9 Å². The lowest BCUT2D eigenvalue weighted by Gasteiger charge is -2.35. The molecule has 2 aliphatic rings. The molecule has 1 aromatic carbocycles. The summed E-state index contributed by atoms with van der Waals surface area (Å²) in [6.45, 7) is 2.42. The van der Waals surface area contributed by atoms with Crippen molar-refractivity contribution in [1.29, 1.82) is 0 Å². The second-order valence-electron chi connectivity index (χ2n) is 6.81. The standard InChI is InChI=1S/C20H22N2O3S/c1-25-15-6-4-14(5-7-15)19(23)21-8-10-22(11-9-21)20(24)17-13-16(17)18-3-2-12-26-18/h2-7,12,16-17H,8-11,13H2,1H3. The van der Waals surface area contributed by atoms with Crippen molar-refractivity contribution < 1.29 is 14.3 Å². The fraction of sp³-hybridized carbons (Fsp3) is 0.400. The minimum absolute atomic E-state index is 0.0163. The first kappa shape index (κ1) is 17.1. The van der Waals surface area contributed by atoms with E-state index in [1.807, 2.05) is 15.9 Å². The van der Waals surface area contributed by atoms with Crippen LogP contribution in [0.3, 0.4) is 0 Å². The molecule has 2 heterocycles. The Labute approximate surface area is 157 Å². The summed E-state index contributed by atoms with van der Waals surface area (Å²) >= 11 is 1.73. The molecule has 2 unspecified atom stereocenters. The van der Waals surface area contributed by atoms with E-state index in [0.29, 0.717) is 37.7 Å². The number of hydrogen-bond donors (Lipinski definition) is 0. The van der Waals surface area contributed by atoms with Crippen molar-refractivity contribution in [2.24, 2.45) is 5.92 Å². The predicted octanol–water partition coefficient (Wildman–Crippen LogP) is 2.84. The lowest BCUT2D eigenvalue weighted by atomic mass is 10.1. The van der Waals surface area contributed by atoms with E-state index >= 15 is 0 Å². The van der Waals surface area contributed by atoms with Gasteiger partial charge >= 0.3 is 0 Å². The van der Waals surface area contributed by atoms with Crippen LogP contribution < -0.4 is 4.74 Å². The fourth-order valence-electron chi connectivity index (χ4n) is 3.57. The van der Waals surface area contributed by atoms with Crippen molar-refractivity contribution in [3.8, 4) is 5.75 Å². The summed E-state index contributed by atoms with van der Waals surface area (Å²) in [4.78, 5) is 30.4. The quantitative estimate of drug-likeness (QED) is 0.832. The van der Waals surface area contributed by atoms with E-state index in [4.69, 9.17) is 4.74 Å². The molecule has 1 aliphatic heterocycles. The van der Waals surface area contributed by atoms with E-state index < -0.39 is 0 Å². The first-order chi connectivity index (χ1) is 12.7. The molecular formula is C20H22N2O3S. The number of methoxy groups -OCH3 is 1. The summed E-state index contributed by atoms with van der Waals surface area (Å²) in [5, 5.41) is 2.07. The molecule has 5 nitrogen and oxygen atoms in total. The van der Waals surface area contributed by atoms with Crippen molar-refractivity contribution in [3.63, 3.8) is 0 Å². The highest BCUT2D eigenvalue weighted by Gasteiger charge is 2.46. The zero-order valence-corrected chi connectivity index (χ0v) is 15.6. The molecule has 2 atom stereocenters. The van der Waals surface area contributed by atoms with Crippen LogP contribution in [0.15, 0.2) is 41.8 Å². The zero-order valence-electron chi connectivity index (χ0n) is 14.8. The van der Waals surface area contributed by atoms with E-state index in [1.54, 1.807) is 42.7 Å². The lowest BCUT2D eigenvalue weighted by Crippen LogP contribution is -2.51. The molecule has 2 fully saturated rings. The van der Waals surface area contributed by atoms with Gasteiger partial charge in [-0.25, -0.2) is 0 Å². The van der Waals surface area contributed by atoms with Gasteiger partial charge in [-0.1, -0.05) is 6.07 Å². The molecule has 1 aromatic heterocycles. The summed E-state index contributed by atoms with van der Waals surface area (Å²) in [5.41, 5.74) is 0.658. The van der Waals surface area contributed by atoms with Crippen molar-refractivity contribution >= 4 is 23.2 Å². The number of nitrogens with zero attached hydrogens (tertiary/aromatic N) is 2. The fourth-order valence-corrected chi connectivity index (χ4v) is 4.47. The second-order valence-corrected chi connectivity index (χ2v) is 7.79. The highest BCUT2D eigenvalue weighted by molar-refractivity contribution is 7.10. The SMILES string of the molecule is COc1ccc(C(=O)N2CCN(C(=O)C3CC3c3cccs3)CC2)cc1. The second kappa shape index (κ2) is 7.11. The Bertz CT molecular complexity index is 780. The van der Waals surface area contributed by atoms with Crippen LogP contribution in [0.2, 0.25) is 0 Å². The van der Waals surface area contributed by atoms with Gasteiger partial charge in [-0.15, -0.1) is 11.3 Å². The molecule has 6 heteroatoms. The van der Waals surface area contributed by atoms with Gasteiger partial charge in [-0.3, -0.25) is 9.59 Å². The number of ether oxygens (including phenoxy) is 1. The number of carbonyl (C=O) groups is 2. The van der Waals surface area contributed by atoms with Gasteiger partial charge in [0, 0.05) is 48.5 Å². The van der Waals surface area contributed by atoms with Crippen LogP contribution in [0, 0.1) is 5.92 Å². The minimum Gasteiger partial charge on any atom is -0.497 e. The van der Waals surface area contributed by atoms with Gasteiger partial charge in [0.15, 0.2) is 0 Å². The first-order valence-corrected chi connectivity index (χ1v) is 9.81. The van der Waals surface area contributed by atoms with Crippen LogP contribution in [0.25, 0.3) is 0 Å². The lowest BCUT2D eigenvalue weighted by molar-refractivity contribution is -0.134. The number of amides is 2. The van der Waals surface area contributed by atoms with Gasteiger partial charge in [0.05, 0.1) is 7.11 Å². The van der Waals surface area contributed by atoms with E-state index in [1.165, 1.54) is 4.88 Å². The highest BCUT2D eigenvalue weighted by Crippen LogP contribution is 2.50. The maximum atomic E-state index is 12.7. The number of benzene rings is 1. The van der Waals surface area contributed by atoms with E-state index in [-0.39, 0.29) is 17.7 Å². The molecule has 0 N–H and O–H groups in total. The normalized spacial score (nSPS) is 22.2. The Kier molecular flexibility index (Phi) is 4.68. The summed E-state index contributed by atoms with van der Waals surface area (Å²) in [6.07, 6.45) is 0.963. The molecular weight excluding hydrogens is 348 g/mol. The van der Waals surface area contributed by atoms with E-state index in [9.17, 15) is 9.59 Å². The maximum absolute atomic E-state index is 12.7. The molecule has 1 saturated heterocycles. The van der Waals surface area contributed by atoms with Gasteiger partial charge in [-0.2, -0.15) is 0 Å². The van der Waals surface area contributed by atoms with E-state index in [2.05, 4.69) is 11.4 Å². The third-order valence-electron chi connectivity index (χ3n) is 5.23. The van der Waals surface area contributed by atoms with Gasteiger partial charge in [0.2, 0.25) is 5.91 Å². The van der Waals surface area contributed by atoms with Crippen LogP contribution in [0.4, 0.5) is 0 Å². The summed E-state index contributed by atoms with van der Waals surface area (Å²) < 4.78 is 5.13. The monoisotopic (exact) mass is 370 g/mol. The summed E-state index contributed by atoms with van der Waals surface area (Å²) in [6, 6.07) is 11.3. The molecule has 0 radical (unpaired) electrons. The third kappa shape index (κ3) is 3.33. The van der Waals surface area contributed by atoms with Gasteiger partial charge in [-0.05, 0) is 42.1 Å². The smallest absolute Gasteiger partial charge is 0.253 e. The van der Waals surface area contributed by atoms with Gasteiger partial charge in [0.1, 0.15) is 5.75 Å². The van der Waals surface area contributed by atoms with Crippen molar-refractivity contribution in [1.82, 2.24) is 9.80 Å². The number of hydrogen-bond acceptors (Lipinski definition) is 4. The molecule has 2 amide bonds. The number of rotatable bonds is 4. The van der Waals surface area contributed by atoms with Gasteiger partial charge in [0.25, 0.3) is 5.91 Å². The van der Waals surface area contributed by atoms with Gasteiger partial charge < -0.3 is 14.5 Å². The summed E-state index contributed by atoms with van der Waals surface area (Å²) in [5.74, 6) is 1.54. The van der Waals surface area contributed by atoms with Crippen molar-refractivity contribution in [3.05, 3.63) is 52.2 Å².